The summed E-state index contributed by atoms with van der Waals surface area (Å²) in [5, 5.41) is 3.50. The molecule has 26 heavy (non-hydrogen) atoms. The van der Waals surface area contributed by atoms with E-state index in [-0.39, 0.29) is 24.7 Å². The third-order valence-electron chi connectivity index (χ3n) is 4.07. The lowest BCUT2D eigenvalue weighted by atomic mass is 9.99. The number of aryl methyl sites for hydroxylation is 1. The second-order valence-electron chi connectivity index (χ2n) is 5.88. The molecule has 7 heteroatoms. The summed E-state index contributed by atoms with van der Waals surface area (Å²) in [6.45, 7) is -0.369. The van der Waals surface area contributed by atoms with Gasteiger partial charge in [0.1, 0.15) is 0 Å². The maximum Gasteiger partial charge on any atom is 0.310 e. The minimum Gasteiger partial charge on any atom is -0.457 e. The zero-order chi connectivity index (χ0) is 18.7. The molecule has 1 amide bonds. The Balaban J connectivity index is 1.60. The van der Waals surface area contributed by atoms with Gasteiger partial charge in [-0.15, -0.1) is 0 Å². The highest BCUT2D eigenvalue weighted by molar-refractivity contribution is 6.36. The lowest BCUT2D eigenvalue weighted by Crippen LogP contribution is -2.20. The van der Waals surface area contributed by atoms with Crippen LogP contribution in [0.4, 0.5) is 5.69 Å². The Morgan fingerprint density at radius 1 is 1.08 bits per heavy atom. The molecule has 1 aliphatic heterocycles. The van der Waals surface area contributed by atoms with Gasteiger partial charge in [-0.2, -0.15) is 0 Å². The molecule has 0 bridgehead atoms. The van der Waals surface area contributed by atoms with Crippen molar-refractivity contribution in [3.05, 3.63) is 63.1 Å². The van der Waals surface area contributed by atoms with Crippen molar-refractivity contribution in [3.63, 3.8) is 0 Å². The number of carbonyl (C=O) groups is 3. The summed E-state index contributed by atoms with van der Waals surface area (Å²) < 4.78 is 5.06. The molecule has 0 aromatic heterocycles. The molecule has 1 N–H and O–H groups in total. The Kier molecular flexibility index (Phi) is 5.59. The number of hydrogen-bond donors (Lipinski definition) is 1. The number of fused-ring (bicyclic) bond motifs is 1. The summed E-state index contributed by atoms with van der Waals surface area (Å²) in [5.74, 6) is -0.939. The molecule has 0 spiro atoms. The SMILES string of the molecule is O=C1CCc2cc(C(=O)COC(=O)Cc3c(Cl)cccc3Cl)ccc2N1. The van der Waals surface area contributed by atoms with E-state index in [1.54, 1.807) is 36.4 Å². The van der Waals surface area contributed by atoms with Gasteiger partial charge >= 0.3 is 5.97 Å². The summed E-state index contributed by atoms with van der Waals surface area (Å²) in [6.07, 6.45) is 0.854. The number of anilines is 1. The van der Waals surface area contributed by atoms with Crippen molar-refractivity contribution in [1.29, 1.82) is 0 Å². The van der Waals surface area contributed by atoms with Gasteiger partial charge < -0.3 is 10.1 Å². The van der Waals surface area contributed by atoms with E-state index in [1.807, 2.05) is 0 Å². The Morgan fingerprint density at radius 3 is 2.54 bits per heavy atom. The number of ketones is 1. The van der Waals surface area contributed by atoms with E-state index in [2.05, 4.69) is 5.32 Å². The van der Waals surface area contributed by atoms with Crippen LogP contribution in [0.15, 0.2) is 36.4 Å². The number of rotatable bonds is 5. The van der Waals surface area contributed by atoms with E-state index < -0.39 is 5.97 Å². The van der Waals surface area contributed by atoms with Crippen LogP contribution in [0.25, 0.3) is 0 Å². The molecule has 134 valence electrons. The lowest BCUT2D eigenvalue weighted by Gasteiger charge is -2.17. The van der Waals surface area contributed by atoms with Crippen molar-refractivity contribution >= 4 is 46.5 Å². The Bertz CT molecular complexity index is 875. The number of benzene rings is 2. The van der Waals surface area contributed by atoms with Crippen LogP contribution < -0.4 is 5.32 Å². The Labute approximate surface area is 160 Å². The molecule has 0 saturated carbocycles. The molecule has 1 heterocycles. The predicted octanol–water partition coefficient (Wildman–Crippen LogP) is 3.85. The average Bonchev–Trinajstić information content (AvgIpc) is 2.62. The van der Waals surface area contributed by atoms with Gasteiger partial charge in [-0.25, -0.2) is 0 Å². The minimum atomic E-state index is -0.585. The summed E-state index contributed by atoms with van der Waals surface area (Å²) in [4.78, 5) is 35.6. The first-order chi connectivity index (χ1) is 12.4. The number of hydrogen-bond acceptors (Lipinski definition) is 4. The molecule has 5 nitrogen and oxygen atoms in total. The predicted molar refractivity (Wildman–Crippen MR) is 98.8 cm³/mol. The smallest absolute Gasteiger partial charge is 0.310 e. The Morgan fingerprint density at radius 2 is 1.81 bits per heavy atom. The van der Waals surface area contributed by atoms with Crippen LogP contribution in [-0.2, 0) is 27.2 Å². The van der Waals surface area contributed by atoms with Gasteiger partial charge in [0.15, 0.2) is 12.4 Å². The third kappa shape index (κ3) is 4.23. The van der Waals surface area contributed by atoms with Gasteiger partial charge in [-0.1, -0.05) is 29.3 Å². The third-order valence-corrected chi connectivity index (χ3v) is 4.78. The van der Waals surface area contributed by atoms with Crippen molar-refractivity contribution in [2.75, 3.05) is 11.9 Å². The zero-order valence-electron chi connectivity index (χ0n) is 13.7. The van der Waals surface area contributed by atoms with Crippen LogP contribution in [0, 0.1) is 0 Å². The van der Waals surface area contributed by atoms with Crippen molar-refractivity contribution in [2.45, 2.75) is 19.3 Å². The fourth-order valence-corrected chi connectivity index (χ4v) is 3.21. The average molecular weight is 392 g/mol. The second kappa shape index (κ2) is 7.89. The molecule has 3 rings (SSSR count). The monoisotopic (exact) mass is 391 g/mol. The maximum absolute atomic E-state index is 12.3. The van der Waals surface area contributed by atoms with Gasteiger partial charge in [-0.05, 0) is 42.3 Å². The fourth-order valence-electron chi connectivity index (χ4n) is 2.68. The number of halogens is 2. The zero-order valence-corrected chi connectivity index (χ0v) is 15.2. The van der Waals surface area contributed by atoms with Gasteiger partial charge in [0.2, 0.25) is 5.91 Å². The quantitative estimate of drug-likeness (QED) is 0.620. The molecule has 1 aliphatic rings. The van der Waals surface area contributed by atoms with Crippen LogP contribution in [0.1, 0.15) is 27.9 Å². The standard InChI is InChI=1S/C19H15Cl2NO4/c20-14-2-1-3-15(21)13(14)9-19(25)26-10-17(23)12-4-6-16-11(8-12)5-7-18(24)22-16/h1-4,6,8H,5,7,9-10H2,(H,22,24). The van der Waals surface area contributed by atoms with E-state index >= 15 is 0 Å². The van der Waals surface area contributed by atoms with E-state index in [0.29, 0.717) is 39.7 Å². The number of esters is 1. The number of carbonyl (C=O) groups excluding carboxylic acids is 3. The van der Waals surface area contributed by atoms with Gasteiger partial charge in [0, 0.05) is 33.3 Å². The number of ether oxygens (including phenoxy) is 1. The maximum atomic E-state index is 12.3. The van der Waals surface area contributed by atoms with E-state index in [4.69, 9.17) is 27.9 Å². The summed E-state index contributed by atoms with van der Waals surface area (Å²) in [7, 11) is 0. The highest BCUT2D eigenvalue weighted by atomic mass is 35.5. The number of Topliss-reactive ketones (excluding diaryl/α,β-unsaturated/α-hetero) is 1. The summed E-state index contributed by atoms with van der Waals surface area (Å²) in [5.41, 5.74) is 2.51. The Hall–Kier alpha value is -2.37. The van der Waals surface area contributed by atoms with E-state index in [9.17, 15) is 14.4 Å². The van der Waals surface area contributed by atoms with Gasteiger partial charge in [-0.3, -0.25) is 14.4 Å². The van der Waals surface area contributed by atoms with Crippen molar-refractivity contribution in [3.8, 4) is 0 Å². The molecule has 0 saturated heterocycles. The van der Waals surface area contributed by atoms with Crippen molar-refractivity contribution in [1.82, 2.24) is 0 Å². The van der Waals surface area contributed by atoms with Crippen LogP contribution in [0.5, 0.6) is 0 Å². The molecule has 0 unspecified atom stereocenters. The number of nitrogens with one attached hydrogen (secondary N) is 1. The largest absolute Gasteiger partial charge is 0.457 e. The highest BCUT2D eigenvalue weighted by Gasteiger charge is 2.18. The van der Waals surface area contributed by atoms with Crippen LogP contribution in [0.2, 0.25) is 10.0 Å². The van der Waals surface area contributed by atoms with Crippen LogP contribution in [0.3, 0.4) is 0 Å². The van der Waals surface area contributed by atoms with Crippen LogP contribution >= 0.6 is 23.2 Å². The first kappa shape index (κ1) is 18.4. The molecule has 0 atom stereocenters. The fraction of sp³-hybridized carbons (Fsp3) is 0.211. The molecule has 2 aromatic carbocycles. The van der Waals surface area contributed by atoms with E-state index in [0.717, 1.165) is 5.56 Å². The normalized spacial score (nSPS) is 12.9. The molecular weight excluding hydrogens is 377 g/mol. The van der Waals surface area contributed by atoms with Gasteiger partial charge in [0.25, 0.3) is 0 Å². The molecule has 0 aliphatic carbocycles. The van der Waals surface area contributed by atoms with Gasteiger partial charge in [0.05, 0.1) is 6.42 Å². The van der Waals surface area contributed by atoms with Crippen LogP contribution in [-0.4, -0.2) is 24.3 Å². The number of amides is 1. The topological polar surface area (TPSA) is 72.5 Å². The second-order valence-corrected chi connectivity index (χ2v) is 6.70. The van der Waals surface area contributed by atoms with Crippen molar-refractivity contribution in [2.24, 2.45) is 0 Å². The van der Waals surface area contributed by atoms with E-state index in [1.165, 1.54) is 0 Å². The summed E-state index contributed by atoms with van der Waals surface area (Å²) in [6, 6.07) is 9.95. The lowest BCUT2D eigenvalue weighted by molar-refractivity contribution is -0.141. The first-order valence-corrected chi connectivity index (χ1v) is 8.74. The summed E-state index contributed by atoms with van der Waals surface area (Å²) >= 11 is 12.0. The first-order valence-electron chi connectivity index (χ1n) is 7.98. The van der Waals surface area contributed by atoms with Crippen molar-refractivity contribution < 1.29 is 19.1 Å². The minimum absolute atomic E-state index is 0.0382. The molecule has 2 aromatic rings. The molecule has 0 fully saturated rings. The molecule has 0 radical (unpaired) electrons. The molecular formula is C19H15Cl2NO4. The highest BCUT2D eigenvalue weighted by Crippen LogP contribution is 2.25.